The van der Waals surface area contributed by atoms with Crippen LogP contribution in [0.5, 0.6) is 0 Å². The van der Waals surface area contributed by atoms with Crippen molar-refractivity contribution in [2.24, 2.45) is 11.0 Å². The lowest BCUT2D eigenvalue weighted by atomic mass is 9.90. The number of nitrogens with two attached hydrogens (primary N) is 1. The molecular formula is C18H23FN4OS. The molecule has 1 fully saturated rings. The van der Waals surface area contributed by atoms with E-state index in [0.29, 0.717) is 34.6 Å². The van der Waals surface area contributed by atoms with Crippen LogP contribution in [-0.2, 0) is 11.3 Å². The molecule has 0 amide bonds. The lowest BCUT2D eigenvalue weighted by Gasteiger charge is -2.21. The predicted octanol–water partition coefficient (Wildman–Crippen LogP) is 4.41. The number of ether oxygens (including phenoxy) is 1. The van der Waals surface area contributed by atoms with Crippen LogP contribution in [0.3, 0.4) is 0 Å². The number of nitrogens with one attached hydrogen (secondary N) is 1. The van der Waals surface area contributed by atoms with E-state index >= 15 is 0 Å². The van der Waals surface area contributed by atoms with Gasteiger partial charge in [-0.15, -0.1) is 11.3 Å². The monoisotopic (exact) mass is 362 g/mol. The van der Waals surface area contributed by atoms with Crippen LogP contribution < -0.4 is 11.2 Å². The Morgan fingerprint density at radius 2 is 2.20 bits per heavy atom. The summed E-state index contributed by atoms with van der Waals surface area (Å²) in [5, 5.41) is 6.36. The maximum Gasteiger partial charge on any atom is 0.205 e. The fourth-order valence-electron chi connectivity index (χ4n) is 2.95. The van der Waals surface area contributed by atoms with E-state index in [4.69, 9.17) is 10.5 Å². The summed E-state index contributed by atoms with van der Waals surface area (Å²) in [7, 11) is 0. The van der Waals surface area contributed by atoms with Crippen molar-refractivity contribution in [2.75, 3.05) is 17.8 Å². The minimum Gasteiger partial charge on any atom is -0.383 e. The van der Waals surface area contributed by atoms with E-state index in [-0.39, 0.29) is 5.82 Å². The van der Waals surface area contributed by atoms with E-state index < -0.39 is 0 Å². The molecule has 1 heterocycles. The first-order valence-corrected chi connectivity index (χ1v) is 9.45. The molecule has 1 aliphatic rings. The predicted molar refractivity (Wildman–Crippen MR) is 100 cm³/mol. The highest BCUT2D eigenvalue weighted by Crippen LogP contribution is 2.24. The van der Waals surface area contributed by atoms with Crippen LogP contribution in [0, 0.1) is 11.7 Å². The zero-order valence-corrected chi connectivity index (χ0v) is 14.9. The van der Waals surface area contributed by atoms with Gasteiger partial charge in [-0.3, -0.25) is 5.43 Å². The fourth-order valence-corrected chi connectivity index (χ4v) is 3.50. The fraction of sp³-hybridized carbons (Fsp3) is 0.444. The van der Waals surface area contributed by atoms with Crippen molar-refractivity contribution in [3.63, 3.8) is 0 Å². The molecule has 5 nitrogen and oxygen atoms in total. The van der Waals surface area contributed by atoms with Crippen LogP contribution >= 0.6 is 11.3 Å². The van der Waals surface area contributed by atoms with Gasteiger partial charge in [0.25, 0.3) is 0 Å². The number of thiazole rings is 1. The number of benzene rings is 1. The van der Waals surface area contributed by atoms with Crippen LogP contribution in [0.4, 0.5) is 15.3 Å². The molecule has 0 bridgehead atoms. The van der Waals surface area contributed by atoms with Crippen molar-refractivity contribution in [1.82, 2.24) is 4.98 Å². The summed E-state index contributed by atoms with van der Waals surface area (Å²) in [6.45, 7) is 1.04. The van der Waals surface area contributed by atoms with E-state index in [0.717, 1.165) is 6.61 Å². The third kappa shape index (κ3) is 5.51. The molecule has 0 unspecified atom stereocenters. The van der Waals surface area contributed by atoms with Crippen molar-refractivity contribution < 1.29 is 9.13 Å². The second-order valence-electron chi connectivity index (χ2n) is 6.32. The van der Waals surface area contributed by atoms with E-state index in [1.54, 1.807) is 17.7 Å². The lowest BCUT2D eigenvalue weighted by molar-refractivity contribution is 0.0723. The smallest absolute Gasteiger partial charge is 0.205 e. The summed E-state index contributed by atoms with van der Waals surface area (Å²) >= 11 is 1.36. The number of nitrogen functional groups attached to an aromatic ring is 1. The molecule has 25 heavy (non-hydrogen) atoms. The molecule has 0 atom stereocenters. The van der Waals surface area contributed by atoms with Gasteiger partial charge < -0.3 is 10.5 Å². The van der Waals surface area contributed by atoms with Gasteiger partial charge in [-0.25, -0.2) is 9.37 Å². The van der Waals surface area contributed by atoms with Gasteiger partial charge in [0.1, 0.15) is 11.6 Å². The largest absolute Gasteiger partial charge is 0.383 e. The lowest BCUT2D eigenvalue weighted by Crippen LogP contribution is -2.13. The van der Waals surface area contributed by atoms with Gasteiger partial charge in [0.2, 0.25) is 5.13 Å². The molecule has 1 aliphatic carbocycles. The summed E-state index contributed by atoms with van der Waals surface area (Å²) in [6.07, 6.45) is 7.92. The highest BCUT2D eigenvalue weighted by Gasteiger charge is 2.13. The number of aromatic nitrogens is 1. The Balaban J connectivity index is 1.48. The molecule has 2 aromatic rings. The first kappa shape index (κ1) is 17.8. The second-order valence-corrected chi connectivity index (χ2v) is 7.18. The molecule has 1 saturated carbocycles. The number of hydrazone groups is 1. The van der Waals surface area contributed by atoms with Crippen LogP contribution in [0.1, 0.15) is 43.2 Å². The molecular weight excluding hydrogens is 339 g/mol. The molecule has 0 aliphatic heterocycles. The molecule has 3 rings (SSSR count). The van der Waals surface area contributed by atoms with E-state index in [1.165, 1.54) is 49.5 Å². The average molecular weight is 362 g/mol. The highest BCUT2D eigenvalue weighted by atomic mass is 32.1. The number of hydrogen-bond acceptors (Lipinski definition) is 6. The zero-order chi connectivity index (χ0) is 17.5. The number of halogens is 1. The first-order chi connectivity index (χ1) is 12.2. The number of anilines is 2. The van der Waals surface area contributed by atoms with Gasteiger partial charge in [0.15, 0.2) is 0 Å². The molecule has 1 aromatic carbocycles. The van der Waals surface area contributed by atoms with Gasteiger partial charge in [-0.2, -0.15) is 5.10 Å². The summed E-state index contributed by atoms with van der Waals surface area (Å²) in [4.78, 5) is 4.03. The van der Waals surface area contributed by atoms with E-state index in [9.17, 15) is 4.39 Å². The summed E-state index contributed by atoms with van der Waals surface area (Å²) in [5.74, 6) is 0.812. The van der Waals surface area contributed by atoms with Crippen LogP contribution in [0.15, 0.2) is 28.7 Å². The van der Waals surface area contributed by atoms with Crippen molar-refractivity contribution in [3.05, 3.63) is 40.5 Å². The third-order valence-electron chi connectivity index (χ3n) is 4.31. The van der Waals surface area contributed by atoms with Gasteiger partial charge in [-0.1, -0.05) is 31.4 Å². The van der Waals surface area contributed by atoms with Gasteiger partial charge in [0.05, 0.1) is 12.8 Å². The van der Waals surface area contributed by atoms with Crippen molar-refractivity contribution in [3.8, 4) is 0 Å². The summed E-state index contributed by atoms with van der Waals surface area (Å²) < 4.78 is 19.9. The molecule has 1 aromatic heterocycles. The number of hydrogen-bond donors (Lipinski definition) is 2. The SMILES string of the molecule is Nc1csc(NN=Cc2ccc(COCC3CCCCC3)c(F)c2)n1. The first-order valence-electron chi connectivity index (χ1n) is 8.57. The highest BCUT2D eigenvalue weighted by molar-refractivity contribution is 7.14. The molecule has 3 N–H and O–H groups in total. The van der Waals surface area contributed by atoms with Crippen molar-refractivity contribution >= 4 is 28.5 Å². The van der Waals surface area contributed by atoms with E-state index in [1.807, 2.05) is 6.07 Å². The average Bonchev–Trinajstić information content (AvgIpc) is 3.03. The normalized spacial score (nSPS) is 15.7. The second kappa shape index (κ2) is 8.92. The third-order valence-corrected chi connectivity index (χ3v) is 5.07. The minimum atomic E-state index is -0.272. The van der Waals surface area contributed by atoms with Gasteiger partial charge in [0, 0.05) is 17.6 Å². The Labute approximate surface area is 151 Å². The van der Waals surface area contributed by atoms with E-state index in [2.05, 4.69) is 15.5 Å². The Bertz CT molecular complexity index is 713. The minimum absolute atomic E-state index is 0.272. The topological polar surface area (TPSA) is 72.5 Å². The zero-order valence-electron chi connectivity index (χ0n) is 14.1. The maximum atomic E-state index is 14.2. The van der Waals surface area contributed by atoms with Crippen LogP contribution in [0.25, 0.3) is 0 Å². The Morgan fingerprint density at radius 3 is 2.92 bits per heavy atom. The van der Waals surface area contributed by atoms with Crippen LogP contribution in [0.2, 0.25) is 0 Å². The number of nitrogens with zero attached hydrogens (tertiary/aromatic N) is 2. The number of rotatable bonds is 7. The van der Waals surface area contributed by atoms with Crippen molar-refractivity contribution in [2.45, 2.75) is 38.7 Å². The Morgan fingerprint density at radius 1 is 1.36 bits per heavy atom. The molecule has 7 heteroatoms. The molecule has 0 radical (unpaired) electrons. The van der Waals surface area contributed by atoms with Gasteiger partial charge >= 0.3 is 0 Å². The molecule has 0 saturated heterocycles. The summed E-state index contributed by atoms with van der Waals surface area (Å²) in [5.41, 5.74) is 9.55. The maximum absolute atomic E-state index is 14.2. The van der Waals surface area contributed by atoms with Crippen LogP contribution in [-0.4, -0.2) is 17.8 Å². The standard InChI is InChI=1S/C18H23FN4OS/c19-16-8-14(9-21-23-18-22-17(20)12-25-18)6-7-15(16)11-24-10-13-4-2-1-3-5-13/h6-9,12-13H,1-5,10-11,20H2,(H,22,23). The summed E-state index contributed by atoms with van der Waals surface area (Å²) in [6, 6.07) is 5.03. The van der Waals surface area contributed by atoms with Crippen molar-refractivity contribution in [1.29, 1.82) is 0 Å². The quantitative estimate of drug-likeness (QED) is 0.565. The Kier molecular flexibility index (Phi) is 6.36. The Hall–Kier alpha value is -1.99. The van der Waals surface area contributed by atoms with Gasteiger partial charge in [-0.05, 0) is 30.4 Å². The molecule has 134 valence electrons. The molecule has 0 spiro atoms.